The molecule has 3 aliphatic heterocycles. The van der Waals surface area contributed by atoms with Crippen molar-refractivity contribution in [3.05, 3.63) is 30.1 Å². The number of anilines is 3. The van der Waals surface area contributed by atoms with E-state index in [1.807, 2.05) is 29.3 Å². The molecule has 38 heavy (non-hydrogen) atoms. The first-order valence-electron chi connectivity index (χ1n) is 13.1. The average Bonchev–Trinajstić information content (AvgIpc) is 3.39. The minimum absolute atomic E-state index is 0.00484. The Hall–Kier alpha value is -2.90. The maximum atomic E-state index is 12.5. The van der Waals surface area contributed by atoms with Gasteiger partial charge in [0, 0.05) is 42.7 Å². The summed E-state index contributed by atoms with van der Waals surface area (Å²) in [4.78, 5) is 20.5. The van der Waals surface area contributed by atoms with Crippen molar-refractivity contribution in [2.75, 3.05) is 35.2 Å². The fourth-order valence-electron chi connectivity index (χ4n) is 6.20. The van der Waals surface area contributed by atoms with Gasteiger partial charge in [-0.05, 0) is 34.1 Å². The van der Waals surface area contributed by atoms with Crippen molar-refractivity contribution in [3.8, 4) is 0 Å². The molecule has 0 amide bonds. The van der Waals surface area contributed by atoms with Crippen LogP contribution in [0.2, 0.25) is 0 Å². The summed E-state index contributed by atoms with van der Waals surface area (Å²) in [5.74, 6) is 3.40. The number of hydrogen-bond acceptors (Lipinski definition) is 11. The molecule has 13 heteroatoms. The summed E-state index contributed by atoms with van der Waals surface area (Å²) in [7, 11) is -3.29. The quantitative estimate of drug-likeness (QED) is 0.514. The molecule has 12 nitrogen and oxygen atoms in total. The van der Waals surface area contributed by atoms with Crippen molar-refractivity contribution in [2.45, 2.75) is 76.4 Å². The highest BCUT2D eigenvalue weighted by molar-refractivity contribution is 7.94. The van der Waals surface area contributed by atoms with Gasteiger partial charge < -0.3 is 14.9 Å². The van der Waals surface area contributed by atoms with Crippen LogP contribution in [-0.4, -0.2) is 96.4 Å². The van der Waals surface area contributed by atoms with Crippen LogP contribution in [-0.2, 0) is 15.3 Å². The normalized spacial score (nSPS) is 29.3. The van der Waals surface area contributed by atoms with Gasteiger partial charge in [-0.1, -0.05) is 13.8 Å². The molecule has 3 aromatic heterocycles. The number of aliphatic hydroxyl groups is 1. The first-order chi connectivity index (χ1) is 17.8. The number of aromatic nitrogens is 6. The van der Waals surface area contributed by atoms with Crippen molar-refractivity contribution in [1.29, 1.82) is 0 Å². The third kappa shape index (κ3) is 3.54. The monoisotopic (exact) mass is 541 g/mol. The summed E-state index contributed by atoms with van der Waals surface area (Å²) in [5, 5.41) is 19.5. The molecule has 204 valence electrons. The summed E-state index contributed by atoms with van der Waals surface area (Å²) in [6.45, 7) is 13.9. The Morgan fingerprint density at radius 1 is 1.05 bits per heavy atom. The number of aryl methyl sites for hydroxylation is 1. The summed E-state index contributed by atoms with van der Waals surface area (Å²) in [5.41, 5.74) is 1.50. The number of hydrogen-bond donors (Lipinski definition) is 1. The van der Waals surface area contributed by atoms with Crippen molar-refractivity contribution >= 4 is 32.9 Å². The lowest BCUT2D eigenvalue weighted by Gasteiger charge is -2.52. The zero-order valence-electron chi connectivity index (χ0n) is 22.7. The van der Waals surface area contributed by atoms with E-state index in [0.717, 1.165) is 28.8 Å². The van der Waals surface area contributed by atoms with E-state index in [-0.39, 0.29) is 23.3 Å². The number of aliphatic hydroxyl groups excluding tert-OH is 1. The Bertz CT molecular complexity index is 1520. The second-order valence-corrected chi connectivity index (χ2v) is 14.5. The van der Waals surface area contributed by atoms with Crippen LogP contribution in [0.25, 0.3) is 5.65 Å². The van der Waals surface area contributed by atoms with E-state index in [1.54, 1.807) is 19.4 Å². The van der Waals surface area contributed by atoms with E-state index in [4.69, 9.17) is 9.97 Å². The molecule has 3 aromatic rings. The third-order valence-electron chi connectivity index (χ3n) is 8.76. The number of nitrogens with zero attached hydrogens (tertiary/aromatic N) is 9. The third-order valence-corrected chi connectivity index (χ3v) is 11.3. The fraction of sp³-hybridized carbons (Fsp3) is 0.640. The van der Waals surface area contributed by atoms with E-state index in [2.05, 4.69) is 45.8 Å². The van der Waals surface area contributed by atoms with Crippen molar-refractivity contribution in [1.82, 2.24) is 34.4 Å². The lowest BCUT2D eigenvalue weighted by atomic mass is 9.87. The zero-order chi connectivity index (χ0) is 27.2. The number of piperazine rings is 1. The number of rotatable bonds is 4. The van der Waals surface area contributed by atoms with Crippen LogP contribution in [0.1, 0.15) is 52.4 Å². The van der Waals surface area contributed by atoms with Gasteiger partial charge in [0.1, 0.15) is 34.8 Å². The van der Waals surface area contributed by atoms with Crippen molar-refractivity contribution < 1.29 is 13.5 Å². The van der Waals surface area contributed by atoms with Gasteiger partial charge in [-0.3, -0.25) is 9.30 Å². The van der Waals surface area contributed by atoms with Gasteiger partial charge in [0.15, 0.2) is 21.3 Å². The summed E-state index contributed by atoms with van der Waals surface area (Å²) >= 11 is 0. The first-order valence-corrected chi connectivity index (χ1v) is 14.7. The molecule has 0 radical (unpaired) electrons. The zero-order valence-corrected chi connectivity index (χ0v) is 23.5. The highest BCUT2D eigenvalue weighted by Crippen LogP contribution is 2.47. The molecule has 0 spiro atoms. The number of sulfone groups is 1. The molecule has 1 N–H and O–H groups in total. The Morgan fingerprint density at radius 2 is 1.79 bits per heavy atom. The Balaban J connectivity index is 1.33. The van der Waals surface area contributed by atoms with Crippen LogP contribution in [0.15, 0.2) is 18.7 Å². The maximum absolute atomic E-state index is 12.5. The minimum atomic E-state index is -3.29. The molecule has 0 saturated carbocycles. The van der Waals surface area contributed by atoms with Crippen LogP contribution in [0, 0.1) is 6.92 Å². The molecule has 6 heterocycles. The van der Waals surface area contributed by atoms with Crippen LogP contribution in [0.3, 0.4) is 0 Å². The van der Waals surface area contributed by atoms with Gasteiger partial charge in [0.05, 0.1) is 18.1 Å². The van der Waals surface area contributed by atoms with Crippen molar-refractivity contribution in [3.63, 3.8) is 0 Å². The van der Waals surface area contributed by atoms with Crippen LogP contribution in [0.5, 0.6) is 0 Å². The van der Waals surface area contributed by atoms with Crippen molar-refractivity contribution in [2.24, 2.45) is 0 Å². The highest BCUT2D eigenvalue weighted by Gasteiger charge is 2.56. The van der Waals surface area contributed by atoms with Crippen LogP contribution in [0.4, 0.5) is 17.5 Å². The Labute approximate surface area is 222 Å². The molecule has 0 aromatic carbocycles. The van der Waals surface area contributed by atoms with E-state index < -0.39 is 20.8 Å². The van der Waals surface area contributed by atoms with E-state index in [9.17, 15) is 13.5 Å². The largest absolute Gasteiger partial charge is 0.377 e. The van der Waals surface area contributed by atoms with Gasteiger partial charge >= 0.3 is 0 Å². The first kappa shape index (κ1) is 25.4. The van der Waals surface area contributed by atoms with Gasteiger partial charge in [-0.25, -0.2) is 23.4 Å². The molecule has 4 atom stereocenters. The predicted molar refractivity (Wildman–Crippen MR) is 143 cm³/mol. The van der Waals surface area contributed by atoms with Gasteiger partial charge in [-0.15, -0.1) is 10.2 Å². The SMILES string of the molecule is Cc1nnc2cnc(N3CC(C)(C)c4c3ncnc4N3C[C@@H](C)N(C(O)C4(C)CCS4(=O)=O)C[C@@H]3C)cn12. The summed E-state index contributed by atoms with van der Waals surface area (Å²) in [6.07, 6.45) is 4.71. The second kappa shape index (κ2) is 8.30. The van der Waals surface area contributed by atoms with E-state index in [0.29, 0.717) is 31.7 Å². The molecule has 3 aliphatic rings. The van der Waals surface area contributed by atoms with Crippen LogP contribution >= 0.6 is 0 Å². The van der Waals surface area contributed by atoms with E-state index in [1.165, 1.54) is 0 Å². The summed E-state index contributed by atoms with van der Waals surface area (Å²) in [6, 6.07) is -0.0638. The second-order valence-electron chi connectivity index (χ2n) is 11.9. The molecule has 0 bridgehead atoms. The summed E-state index contributed by atoms with van der Waals surface area (Å²) < 4.78 is 25.8. The predicted octanol–water partition coefficient (Wildman–Crippen LogP) is 1.45. The smallest absolute Gasteiger partial charge is 0.179 e. The molecular formula is C25H35N9O3S. The average molecular weight is 542 g/mol. The van der Waals surface area contributed by atoms with Gasteiger partial charge in [0.2, 0.25) is 0 Å². The van der Waals surface area contributed by atoms with Crippen LogP contribution < -0.4 is 9.80 Å². The molecule has 6 rings (SSSR count). The number of fused-ring (bicyclic) bond motifs is 2. The topological polar surface area (TPSA) is 133 Å². The molecule has 2 fully saturated rings. The van der Waals surface area contributed by atoms with E-state index >= 15 is 0 Å². The Kier molecular flexibility index (Phi) is 5.54. The van der Waals surface area contributed by atoms with Gasteiger partial charge in [0.25, 0.3) is 0 Å². The lowest BCUT2D eigenvalue weighted by Crippen LogP contribution is -2.68. The molecule has 0 aliphatic carbocycles. The lowest BCUT2D eigenvalue weighted by molar-refractivity contribution is -0.0605. The molecule has 2 saturated heterocycles. The van der Waals surface area contributed by atoms with Gasteiger partial charge in [-0.2, -0.15) is 0 Å². The minimum Gasteiger partial charge on any atom is -0.377 e. The Morgan fingerprint density at radius 3 is 2.47 bits per heavy atom. The highest BCUT2D eigenvalue weighted by atomic mass is 32.2. The standard InChI is InChI=1S/C25H35N9O3S/c1-15-11-32(23(35)25(6)7-8-38(25,36)37)16(2)10-31(15)21-20-22(28-14-27-21)34(13-24(20,4)5)19-12-33-17(3)29-30-18(33)9-26-19/h9,12,14-16,23,35H,7-8,10-11,13H2,1-6H3/t15-,16+,23?,25?/m0/s1. The molecular weight excluding hydrogens is 506 g/mol. The molecule has 2 unspecified atom stereocenters. The maximum Gasteiger partial charge on any atom is 0.179 e. The fourth-order valence-corrected chi connectivity index (χ4v) is 7.84.